The minimum absolute atomic E-state index is 0.181. The number of ether oxygens (including phenoxy) is 3. The molecule has 0 aliphatic rings. The number of halogens is 2. The smallest absolute Gasteiger partial charge is 0.226 e. The lowest BCUT2D eigenvalue weighted by molar-refractivity contribution is -0.116. The van der Waals surface area contributed by atoms with E-state index in [0.29, 0.717) is 39.5 Å². The fourth-order valence-electron chi connectivity index (χ4n) is 2.27. The number of rotatable bonds is 8. The van der Waals surface area contributed by atoms with Gasteiger partial charge in [0.05, 0.1) is 37.1 Å². The molecule has 0 heterocycles. The average Bonchev–Trinajstić information content (AvgIpc) is 2.63. The number of methoxy groups -OCH3 is 3. The molecule has 0 aromatic heterocycles. The molecule has 0 radical (unpaired) electrons. The van der Waals surface area contributed by atoms with Crippen LogP contribution in [0.4, 0.5) is 11.4 Å². The molecule has 2 N–H and O–H groups in total. The Labute approximate surface area is 162 Å². The second-order valence-electron chi connectivity index (χ2n) is 5.26. The lowest BCUT2D eigenvalue weighted by Crippen LogP contribution is -2.16. The molecule has 0 saturated carbocycles. The van der Waals surface area contributed by atoms with E-state index in [9.17, 15) is 4.79 Å². The Bertz CT molecular complexity index is 784. The Morgan fingerprint density at radius 2 is 1.58 bits per heavy atom. The molecular formula is C18H20Cl2N2O4. The van der Waals surface area contributed by atoms with Gasteiger partial charge in [-0.3, -0.25) is 4.79 Å². The zero-order valence-electron chi connectivity index (χ0n) is 14.7. The van der Waals surface area contributed by atoms with Crippen molar-refractivity contribution >= 4 is 40.5 Å². The Kier molecular flexibility index (Phi) is 7.24. The van der Waals surface area contributed by atoms with Crippen molar-refractivity contribution in [3.63, 3.8) is 0 Å². The van der Waals surface area contributed by atoms with Gasteiger partial charge in [0, 0.05) is 30.8 Å². The predicted octanol–water partition coefficient (Wildman–Crippen LogP) is 4.46. The highest BCUT2D eigenvalue weighted by molar-refractivity contribution is 6.32. The number of benzene rings is 2. The molecule has 8 heteroatoms. The fourth-order valence-corrected chi connectivity index (χ4v) is 2.76. The van der Waals surface area contributed by atoms with Gasteiger partial charge in [0.2, 0.25) is 5.91 Å². The number of hydrogen-bond acceptors (Lipinski definition) is 5. The molecular weight excluding hydrogens is 379 g/mol. The maximum Gasteiger partial charge on any atom is 0.226 e. The van der Waals surface area contributed by atoms with E-state index in [1.807, 2.05) is 6.07 Å². The first kappa shape index (κ1) is 20.0. The van der Waals surface area contributed by atoms with E-state index in [0.717, 1.165) is 5.69 Å². The van der Waals surface area contributed by atoms with Crippen molar-refractivity contribution in [2.75, 3.05) is 38.5 Å². The third-order valence-corrected chi connectivity index (χ3v) is 4.17. The Hall–Kier alpha value is -2.31. The molecule has 140 valence electrons. The summed E-state index contributed by atoms with van der Waals surface area (Å²) in [6.07, 6.45) is 0.248. The number of carbonyl (C=O) groups is 1. The molecule has 0 unspecified atom stereocenters. The summed E-state index contributed by atoms with van der Waals surface area (Å²) in [7, 11) is 4.56. The van der Waals surface area contributed by atoms with Gasteiger partial charge in [-0.2, -0.15) is 0 Å². The van der Waals surface area contributed by atoms with Gasteiger partial charge in [-0.25, -0.2) is 0 Å². The minimum atomic E-state index is -0.181. The highest BCUT2D eigenvalue weighted by Gasteiger charge is 2.12. The molecule has 2 aromatic carbocycles. The van der Waals surface area contributed by atoms with Crippen LogP contribution in [0.5, 0.6) is 17.2 Å². The molecule has 0 atom stereocenters. The van der Waals surface area contributed by atoms with Gasteiger partial charge in [0.25, 0.3) is 0 Å². The maximum absolute atomic E-state index is 12.2. The second-order valence-corrected chi connectivity index (χ2v) is 6.08. The molecule has 1 amide bonds. The van der Waals surface area contributed by atoms with Crippen LogP contribution < -0.4 is 24.8 Å². The summed E-state index contributed by atoms with van der Waals surface area (Å²) in [5, 5.41) is 6.83. The summed E-state index contributed by atoms with van der Waals surface area (Å²) in [6, 6.07) is 8.54. The molecule has 2 rings (SSSR count). The fraction of sp³-hybridized carbons (Fsp3) is 0.278. The van der Waals surface area contributed by atoms with Gasteiger partial charge >= 0.3 is 0 Å². The van der Waals surface area contributed by atoms with Gasteiger partial charge in [0.1, 0.15) is 17.2 Å². The zero-order chi connectivity index (χ0) is 19.1. The third-order valence-electron chi connectivity index (χ3n) is 3.58. The monoisotopic (exact) mass is 398 g/mol. The number of amides is 1. The van der Waals surface area contributed by atoms with E-state index in [4.69, 9.17) is 37.4 Å². The van der Waals surface area contributed by atoms with Crippen LogP contribution in [-0.4, -0.2) is 33.8 Å². The number of carbonyl (C=O) groups excluding carboxylic acids is 1. The van der Waals surface area contributed by atoms with Gasteiger partial charge in [-0.1, -0.05) is 23.2 Å². The van der Waals surface area contributed by atoms with Gasteiger partial charge in [-0.15, -0.1) is 0 Å². The van der Waals surface area contributed by atoms with Crippen LogP contribution in [0.25, 0.3) is 0 Å². The molecule has 2 aromatic rings. The summed E-state index contributed by atoms with van der Waals surface area (Å²) < 4.78 is 15.5. The van der Waals surface area contributed by atoms with Crippen molar-refractivity contribution in [3.8, 4) is 17.2 Å². The van der Waals surface area contributed by atoms with Crippen LogP contribution in [0.15, 0.2) is 30.3 Å². The highest BCUT2D eigenvalue weighted by atomic mass is 35.5. The first-order valence-corrected chi connectivity index (χ1v) is 8.52. The number of hydrogen-bond donors (Lipinski definition) is 2. The third kappa shape index (κ3) is 5.09. The van der Waals surface area contributed by atoms with Crippen molar-refractivity contribution in [1.82, 2.24) is 0 Å². The lowest BCUT2D eigenvalue weighted by Gasteiger charge is -2.13. The van der Waals surface area contributed by atoms with Crippen molar-refractivity contribution in [2.45, 2.75) is 6.42 Å². The van der Waals surface area contributed by atoms with Crippen LogP contribution in [0, 0.1) is 0 Å². The normalized spacial score (nSPS) is 10.2. The molecule has 0 bridgehead atoms. The number of anilines is 2. The van der Waals surface area contributed by atoms with Gasteiger partial charge < -0.3 is 24.8 Å². The minimum Gasteiger partial charge on any atom is -0.495 e. The molecule has 0 aliphatic heterocycles. The van der Waals surface area contributed by atoms with Crippen LogP contribution in [0.3, 0.4) is 0 Å². The zero-order valence-corrected chi connectivity index (χ0v) is 16.2. The van der Waals surface area contributed by atoms with E-state index in [1.165, 1.54) is 14.2 Å². The van der Waals surface area contributed by atoms with E-state index >= 15 is 0 Å². The summed E-state index contributed by atoms with van der Waals surface area (Å²) in [4.78, 5) is 12.2. The molecule has 6 nitrogen and oxygen atoms in total. The van der Waals surface area contributed by atoms with Crippen molar-refractivity contribution in [1.29, 1.82) is 0 Å². The quantitative estimate of drug-likeness (QED) is 0.686. The van der Waals surface area contributed by atoms with Crippen molar-refractivity contribution < 1.29 is 19.0 Å². The summed E-state index contributed by atoms with van der Waals surface area (Å²) in [6.45, 7) is 0.432. The molecule has 0 saturated heterocycles. The predicted molar refractivity (Wildman–Crippen MR) is 104 cm³/mol. The van der Waals surface area contributed by atoms with Crippen molar-refractivity contribution in [2.24, 2.45) is 0 Å². The second kappa shape index (κ2) is 9.40. The average molecular weight is 399 g/mol. The number of nitrogens with one attached hydrogen (secondary N) is 2. The van der Waals surface area contributed by atoms with E-state index in [1.54, 1.807) is 31.4 Å². The van der Waals surface area contributed by atoms with Gasteiger partial charge in [0.15, 0.2) is 0 Å². The molecule has 0 aliphatic carbocycles. The van der Waals surface area contributed by atoms with Crippen molar-refractivity contribution in [3.05, 3.63) is 40.4 Å². The molecule has 0 spiro atoms. The maximum atomic E-state index is 12.2. The van der Waals surface area contributed by atoms with E-state index in [2.05, 4.69) is 10.6 Å². The largest absolute Gasteiger partial charge is 0.495 e. The lowest BCUT2D eigenvalue weighted by atomic mass is 10.2. The van der Waals surface area contributed by atoms with Crippen LogP contribution >= 0.6 is 23.2 Å². The topological polar surface area (TPSA) is 68.8 Å². The van der Waals surface area contributed by atoms with E-state index in [-0.39, 0.29) is 12.3 Å². The Balaban J connectivity index is 1.94. The van der Waals surface area contributed by atoms with E-state index < -0.39 is 0 Å². The summed E-state index contributed by atoms with van der Waals surface area (Å²) in [5.74, 6) is 1.33. The first-order chi connectivity index (χ1) is 12.5. The van der Waals surface area contributed by atoms with Gasteiger partial charge in [-0.05, 0) is 18.2 Å². The van der Waals surface area contributed by atoms with Crippen LogP contribution in [-0.2, 0) is 4.79 Å². The highest BCUT2D eigenvalue weighted by Crippen LogP contribution is 2.35. The summed E-state index contributed by atoms with van der Waals surface area (Å²) in [5.41, 5.74) is 1.29. The first-order valence-electron chi connectivity index (χ1n) is 7.77. The standard InChI is InChI=1S/C18H20Cl2N2O4/c1-24-15-5-4-11(8-12(15)19)21-7-6-18(23)22-14-10-16(25-2)13(20)9-17(14)26-3/h4-5,8-10,21H,6-7H2,1-3H3,(H,22,23). The van der Waals surface area contributed by atoms with Crippen LogP contribution in [0.1, 0.15) is 6.42 Å². The molecule has 26 heavy (non-hydrogen) atoms. The SMILES string of the molecule is COc1ccc(NCCC(=O)Nc2cc(OC)c(Cl)cc2OC)cc1Cl. The Morgan fingerprint density at radius 3 is 2.19 bits per heavy atom. The molecule has 0 fully saturated rings. The summed E-state index contributed by atoms with van der Waals surface area (Å²) >= 11 is 12.1. The van der Waals surface area contributed by atoms with Crippen LogP contribution in [0.2, 0.25) is 10.0 Å². The Morgan fingerprint density at radius 1 is 0.923 bits per heavy atom.